The van der Waals surface area contributed by atoms with Crippen LogP contribution in [0.1, 0.15) is 36.8 Å². The number of aryl methyl sites for hydroxylation is 1. The molecule has 0 radical (unpaired) electrons. The number of hydrogen-bond donors (Lipinski definition) is 1. The number of rotatable bonds is 4. The predicted molar refractivity (Wildman–Crippen MR) is 85.1 cm³/mol. The van der Waals surface area contributed by atoms with Crippen molar-refractivity contribution in [3.63, 3.8) is 0 Å². The van der Waals surface area contributed by atoms with Crippen molar-refractivity contribution in [1.29, 1.82) is 0 Å². The van der Waals surface area contributed by atoms with E-state index in [9.17, 15) is 0 Å². The second-order valence-corrected chi connectivity index (χ2v) is 6.70. The van der Waals surface area contributed by atoms with Crippen LogP contribution in [0.5, 0.6) is 0 Å². The van der Waals surface area contributed by atoms with E-state index in [2.05, 4.69) is 53.0 Å². The van der Waals surface area contributed by atoms with Gasteiger partial charge in [-0.25, -0.2) is 0 Å². The number of benzene rings is 1. The van der Waals surface area contributed by atoms with E-state index in [1.807, 2.05) is 0 Å². The molecule has 2 rings (SSSR count). The number of nitrogens with two attached hydrogens (primary N) is 1. The van der Waals surface area contributed by atoms with Crippen molar-refractivity contribution < 1.29 is 0 Å². The molecule has 0 bridgehead atoms. The third-order valence-electron chi connectivity index (χ3n) is 4.39. The summed E-state index contributed by atoms with van der Waals surface area (Å²) in [5.41, 5.74) is 8.64. The maximum atomic E-state index is 5.94. The summed E-state index contributed by atoms with van der Waals surface area (Å²) in [6, 6.07) is 7.30. The Labute approximate surface area is 125 Å². The lowest BCUT2D eigenvalue weighted by Gasteiger charge is -2.37. The van der Waals surface area contributed by atoms with E-state index in [4.69, 9.17) is 5.73 Å². The molecular formula is C16H25BrN2. The van der Waals surface area contributed by atoms with Gasteiger partial charge in [-0.1, -0.05) is 40.9 Å². The maximum Gasteiger partial charge on any atom is 0.0233 e. The Morgan fingerprint density at radius 1 is 1.32 bits per heavy atom. The Kier molecular flexibility index (Phi) is 5.43. The molecule has 1 saturated carbocycles. The highest BCUT2D eigenvalue weighted by Gasteiger charge is 2.27. The first-order valence-corrected chi connectivity index (χ1v) is 8.06. The summed E-state index contributed by atoms with van der Waals surface area (Å²) in [4.78, 5) is 2.50. The minimum atomic E-state index is 0.655. The highest BCUT2D eigenvalue weighted by atomic mass is 79.9. The lowest BCUT2D eigenvalue weighted by Crippen LogP contribution is -2.42. The third-order valence-corrected chi connectivity index (χ3v) is 5.28. The first-order valence-electron chi connectivity index (χ1n) is 7.27. The average Bonchev–Trinajstić information content (AvgIpc) is 2.43. The first-order chi connectivity index (χ1) is 9.11. The third kappa shape index (κ3) is 3.80. The molecule has 0 aromatic heterocycles. The van der Waals surface area contributed by atoms with Gasteiger partial charge in [0.1, 0.15) is 0 Å². The molecule has 2 nitrogen and oxygen atoms in total. The van der Waals surface area contributed by atoms with Gasteiger partial charge in [0.15, 0.2) is 0 Å². The molecule has 1 aromatic carbocycles. The Balaban J connectivity index is 2.02. The number of halogens is 1. The lowest BCUT2D eigenvalue weighted by molar-refractivity contribution is 0.127. The fourth-order valence-corrected chi connectivity index (χ4v) is 3.50. The maximum absolute atomic E-state index is 5.94. The van der Waals surface area contributed by atoms with Gasteiger partial charge in [-0.3, -0.25) is 4.90 Å². The number of hydrogen-bond acceptors (Lipinski definition) is 2. The summed E-state index contributed by atoms with van der Waals surface area (Å²) in [6.07, 6.45) is 5.30. The molecule has 1 aliphatic carbocycles. The topological polar surface area (TPSA) is 29.3 Å². The van der Waals surface area contributed by atoms with Gasteiger partial charge in [0.25, 0.3) is 0 Å². The van der Waals surface area contributed by atoms with E-state index in [0.29, 0.717) is 12.0 Å². The van der Waals surface area contributed by atoms with Crippen molar-refractivity contribution in [3.8, 4) is 0 Å². The molecule has 0 saturated heterocycles. The zero-order chi connectivity index (χ0) is 13.8. The van der Waals surface area contributed by atoms with Crippen molar-refractivity contribution >= 4 is 15.9 Å². The minimum Gasteiger partial charge on any atom is -0.330 e. The van der Waals surface area contributed by atoms with E-state index in [1.165, 1.54) is 41.3 Å². The molecule has 19 heavy (non-hydrogen) atoms. The summed E-state index contributed by atoms with van der Waals surface area (Å²) >= 11 is 3.56. The zero-order valence-corrected chi connectivity index (χ0v) is 13.6. The Morgan fingerprint density at radius 3 is 2.74 bits per heavy atom. The molecule has 0 spiro atoms. The quantitative estimate of drug-likeness (QED) is 0.914. The average molecular weight is 325 g/mol. The second kappa shape index (κ2) is 6.87. The molecule has 2 unspecified atom stereocenters. The summed E-state index contributed by atoms with van der Waals surface area (Å²) in [5, 5.41) is 0. The summed E-state index contributed by atoms with van der Waals surface area (Å²) in [5.74, 6) is 0.676. The van der Waals surface area contributed by atoms with Crippen molar-refractivity contribution in [2.24, 2.45) is 11.7 Å². The predicted octanol–water partition coefficient (Wildman–Crippen LogP) is 3.71. The molecule has 1 fully saturated rings. The SMILES string of the molecule is Cc1cc(CN(C)C2CCCCC2CN)ccc1Br. The van der Waals surface area contributed by atoms with Gasteiger partial charge in [-0.05, 0) is 56.5 Å². The van der Waals surface area contributed by atoms with Crippen LogP contribution >= 0.6 is 15.9 Å². The van der Waals surface area contributed by atoms with Gasteiger partial charge in [0.2, 0.25) is 0 Å². The van der Waals surface area contributed by atoms with Crippen LogP contribution in [0.3, 0.4) is 0 Å². The van der Waals surface area contributed by atoms with E-state index in [0.717, 1.165) is 13.1 Å². The van der Waals surface area contributed by atoms with E-state index >= 15 is 0 Å². The van der Waals surface area contributed by atoms with Gasteiger partial charge in [-0.2, -0.15) is 0 Å². The molecular weight excluding hydrogens is 300 g/mol. The highest BCUT2D eigenvalue weighted by Crippen LogP contribution is 2.28. The Bertz CT molecular complexity index is 419. The number of nitrogens with zero attached hydrogens (tertiary/aromatic N) is 1. The van der Waals surface area contributed by atoms with Crippen LogP contribution in [0.25, 0.3) is 0 Å². The van der Waals surface area contributed by atoms with Crippen LogP contribution in [0.15, 0.2) is 22.7 Å². The van der Waals surface area contributed by atoms with Crippen LogP contribution in [-0.2, 0) is 6.54 Å². The van der Waals surface area contributed by atoms with E-state index in [-0.39, 0.29) is 0 Å². The molecule has 0 heterocycles. The van der Waals surface area contributed by atoms with Gasteiger partial charge in [0, 0.05) is 17.1 Å². The molecule has 0 amide bonds. The fourth-order valence-electron chi connectivity index (χ4n) is 3.25. The van der Waals surface area contributed by atoms with Crippen molar-refractivity contribution in [2.75, 3.05) is 13.6 Å². The minimum absolute atomic E-state index is 0.655. The van der Waals surface area contributed by atoms with Gasteiger partial charge < -0.3 is 5.73 Å². The fraction of sp³-hybridized carbons (Fsp3) is 0.625. The van der Waals surface area contributed by atoms with Crippen molar-refractivity contribution in [3.05, 3.63) is 33.8 Å². The van der Waals surface area contributed by atoms with Gasteiger partial charge in [0.05, 0.1) is 0 Å². The van der Waals surface area contributed by atoms with Crippen LogP contribution in [-0.4, -0.2) is 24.5 Å². The van der Waals surface area contributed by atoms with Crippen LogP contribution in [0.2, 0.25) is 0 Å². The van der Waals surface area contributed by atoms with Gasteiger partial charge in [-0.15, -0.1) is 0 Å². The van der Waals surface area contributed by atoms with Gasteiger partial charge >= 0.3 is 0 Å². The first kappa shape index (κ1) is 15.0. The summed E-state index contributed by atoms with van der Waals surface area (Å²) in [7, 11) is 2.25. The highest BCUT2D eigenvalue weighted by molar-refractivity contribution is 9.10. The second-order valence-electron chi connectivity index (χ2n) is 5.85. The largest absolute Gasteiger partial charge is 0.330 e. The monoisotopic (exact) mass is 324 g/mol. The standard InChI is InChI=1S/C16H25BrN2/c1-12-9-13(7-8-15(12)17)11-19(2)16-6-4-3-5-14(16)10-18/h7-9,14,16H,3-6,10-11,18H2,1-2H3. The zero-order valence-electron chi connectivity index (χ0n) is 12.0. The molecule has 106 valence electrons. The van der Waals surface area contributed by atoms with Crippen molar-refractivity contribution in [2.45, 2.75) is 45.2 Å². The lowest BCUT2D eigenvalue weighted by atomic mass is 9.83. The van der Waals surface area contributed by atoms with E-state index < -0.39 is 0 Å². The van der Waals surface area contributed by atoms with Crippen LogP contribution in [0, 0.1) is 12.8 Å². The molecule has 1 aliphatic rings. The van der Waals surface area contributed by atoms with E-state index in [1.54, 1.807) is 0 Å². The van der Waals surface area contributed by atoms with Crippen LogP contribution < -0.4 is 5.73 Å². The van der Waals surface area contributed by atoms with Crippen molar-refractivity contribution in [1.82, 2.24) is 4.90 Å². The molecule has 1 aromatic rings. The molecule has 2 N–H and O–H groups in total. The molecule has 2 atom stereocenters. The molecule has 3 heteroatoms. The van der Waals surface area contributed by atoms with Crippen LogP contribution in [0.4, 0.5) is 0 Å². The normalized spacial score (nSPS) is 23.8. The Morgan fingerprint density at radius 2 is 2.05 bits per heavy atom. The smallest absolute Gasteiger partial charge is 0.0233 e. The summed E-state index contributed by atoms with van der Waals surface area (Å²) in [6.45, 7) is 4.00. The Hall–Kier alpha value is -0.380. The molecule has 0 aliphatic heterocycles. The summed E-state index contributed by atoms with van der Waals surface area (Å²) < 4.78 is 1.19.